The summed E-state index contributed by atoms with van der Waals surface area (Å²) in [6, 6.07) is 4.72. The molecular weight excluding hydrogens is 399 g/mol. The largest absolute Gasteiger partial charge is 0.405 e. The molecule has 158 valence electrons. The van der Waals surface area contributed by atoms with Gasteiger partial charge in [0.1, 0.15) is 6.04 Å². The van der Waals surface area contributed by atoms with Gasteiger partial charge < -0.3 is 21.3 Å². The van der Waals surface area contributed by atoms with Crippen LogP contribution < -0.4 is 21.3 Å². The molecule has 0 bridgehead atoms. The molecule has 7 nitrogen and oxygen atoms in total. The fourth-order valence-corrected chi connectivity index (χ4v) is 2.78. The zero-order valence-corrected chi connectivity index (χ0v) is 16.3. The molecule has 1 aromatic carbocycles. The first-order valence-corrected chi connectivity index (χ1v) is 8.65. The molecule has 0 saturated carbocycles. The van der Waals surface area contributed by atoms with Gasteiger partial charge in [0.2, 0.25) is 5.91 Å². The van der Waals surface area contributed by atoms with Gasteiger partial charge in [-0.2, -0.15) is 13.2 Å². The van der Waals surface area contributed by atoms with Gasteiger partial charge in [0, 0.05) is 38.4 Å². The number of anilines is 1. The lowest BCUT2D eigenvalue weighted by molar-refractivity contribution is -0.184. The molecule has 1 aromatic rings. The standard InChI is InChI=1S/C17H24F3N5O2.ClH/c1-12-3-2-4-13(9-12)24-16(27)23-11-15(26)22-10-14(17(18,19)20)25-7-5-21-6-8-25;/h2-4,9,14,21H,5-8,10-11H2,1H3,(H,22,26)(H2,23,24,27);1H. The Kier molecular flexibility index (Phi) is 9.50. The number of carbonyl (C=O) groups excluding carboxylic acids is 2. The number of benzene rings is 1. The molecule has 4 N–H and O–H groups in total. The number of urea groups is 1. The van der Waals surface area contributed by atoms with Crippen molar-refractivity contribution in [3.8, 4) is 0 Å². The molecule has 1 fully saturated rings. The normalized spacial score (nSPS) is 15.9. The highest BCUT2D eigenvalue weighted by molar-refractivity contribution is 5.92. The van der Waals surface area contributed by atoms with Gasteiger partial charge >= 0.3 is 12.2 Å². The first-order valence-electron chi connectivity index (χ1n) is 8.65. The summed E-state index contributed by atoms with van der Waals surface area (Å²) < 4.78 is 39.8. The van der Waals surface area contributed by atoms with E-state index in [-0.39, 0.29) is 25.5 Å². The van der Waals surface area contributed by atoms with Crippen molar-refractivity contribution < 1.29 is 22.8 Å². The minimum absolute atomic E-state index is 0. The van der Waals surface area contributed by atoms with Crippen molar-refractivity contribution in [1.29, 1.82) is 0 Å². The number of nitrogens with one attached hydrogen (secondary N) is 4. The van der Waals surface area contributed by atoms with E-state index in [4.69, 9.17) is 0 Å². The van der Waals surface area contributed by atoms with E-state index in [2.05, 4.69) is 21.3 Å². The monoisotopic (exact) mass is 423 g/mol. The maximum absolute atomic E-state index is 13.3. The first-order chi connectivity index (χ1) is 12.8. The molecule has 1 heterocycles. The quantitative estimate of drug-likeness (QED) is 0.558. The molecule has 1 saturated heterocycles. The Morgan fingerprint density at radius 2 is 1.89 bits per heavy atom. The minimum atomic E-state index is -4.44. The lowest BCUT2D eigenvalue weighted by Gasteiger charge is -2.35. The molecule has 0 radical (unpaired) electrons. The van der Waals surface area contributed by atoms with Gasteiger partial charge in [-0.25, -0.2) is 4.79 Å². The SMILES string of the molecule is Cc1cccc(NC(=O)NCC(=O)NCC(N2CCNCC2)C(F)(F)F)c1.Cl. The number of nitrogens with zero attached hydrogens (tertiary/aromatic N) is 1. The Balaban J connectivity index is 0.00000392. The van der Waals surface area contributed by atoms with Crippen molar-refractivity contribution >= 4 is 30.0 Å². The fourth-order valence-electron chi connectivity index (χ4n) is 2.78. The third kappa shape index (κ3) is 7.91. The zero-order valence-electron chi connectivity index (χ0n) is 15.4. The Labute approximate surface area is 167 Å². The number of carbonyl (C=O) groups is 2. The summed E-state index contributed by atoms with van der Waals surface area (Å²) in [5.41, 5.74) is 1.51. The Hall–Kier alpha value is -2.04. The Bertz CT molecular complexity index is 654. The summed E-state index contributed by atoms with van der Waals surface area (Å²) in [5, 5.41) is 10.1. The van der Waals surface area contributed by atoms with E-state index in [1.807, 2.05) is 13.0 Å². The van der Waals surface area contributed by atoms with Gasteiger partial charge in [-0.1, -0.05) is 12.1 Å². The molecule has 0 spiro atoms. The van der Waals surface area contributed by atoms with Crippen LogP contribution in [0.1, 0.15) is 5.56 Å². The highest BCUT2D eigenvalue weighted by atomic mass is 35.5. The Morgan fingerprint density at radius 3 is 2.50 bits per heavy atom. The summed E-state index contributed by atoms with van der Waals surface area (Å²) in [4.78, 5) is 24.9. The van der Waals surface area contributed by atoms with Crippen LogP contribution in [0.2, 0.25) is 0 Å². The molecule has 28 heavy (non-hydrogen) atoms. The second kappa shape index (κ2) is 11.1. The predicted octanol–water partition coefficient (Wildman–Crippen LogP) is 1.49. The molecule has 3 amide bonds. The molecule has 1 unspecified atom stereocenters. The average Bonchev–Trinajstić information content (AvgIpc) is 2.60. The molecule has 1 aliphatic heterocycles. The molecule has 0 aliphatic carbocycles. The van der Waals surface area contributed by atoms with Crippen LogP contribution in [0.5, 0.6) is 0 Å². The van der Waals surface area contributed by atoms with Gasteiger partial charge in [-0.15, -0.1) is 12.4 Å². The van der Waals surface area contributed by atoms with E-state index >= 15 is 0 Å². The van der Waals surface area contributed by atoms with Crippen LogP contribution in [0, 0.1) is 6.92 Å². The van der Waals surface area contributed by atoms with E-state index in [1.165, 1.54) is 4.90 Å². The summed E-state index contributed by atoms with van der Waals surface area (Å²) in [6.45, 7) is 2.37. The minimum Gasteiger partial charge on any atom is -0.353 e. The van der Waals surface area contributed by atoms with E-state index in [1.54, 1.807) is 18.2 Å². The maximum atomic E-state index is 13.3. The van der Waals surface area contributed by atoms with Crippen LogP contribution in [0.4, 0.5) is 23.7 Å². The second-order valence-corrected chi connectivity index (χ2v) is 6.32. The van der Waals surface area contributed by atoms with E-state index in [0.717, 1.165) is 5.56 Å². The van der Waals surface area contributed by atoms with Crippen molar-refractivity contribution in [3.63, 3.8) is 0 Å². The van der Waals surface area contributed by atoms with Crippen LogP contribution in [-0.2, 0) is 4.79 Å². The molecule has 1 atom stereocenters. The van der Waals surface area contributed by atoms with Crippen LogP contribution in [0.3, 0.4) is 0 Å². The lowest BCUT2D eigenvalue weighted by Crippen LogP contribution is -2.58. The number of aryl methyl sites for hydroxylation is 1. The summed E-state index contributed by atoms with van der Waals surface area (Å²) >= 11 is 0. The summed E-state index contributed by atoms with van der Waals surface area (Å²) in [5.74, 6) is -0.682. The third-order valence-corrected chi connectivity index (χ3v) is 4.15. The zero-order chi connectivity index (χ0) is 19.9. The van der Waals surface area contributed by atoms with Gasteiger partial charge in [0.15, 0.2) is 0 Å². The molecular formula is C17H25ClF3N5O2. The van der Waals surface area contributed by atoms with Crippen molar-refractivity contribution in [2.24, 2.45) is 0 Å². The molecule has 11 heteroatoms. The van der Waals surface area contributed by atoms with Crippen molar-refractivity contribution in [1.82, 2.24) is 20.9 Å². The highest BCUT2D eigenvalue weighted by Gasteiger charge is 2.43. The number of amides is 3. The van der Waals surface area contributed by atoms with Gasteiger partial charge in [0.25, 0.3) is 0 Å². The number of piperazine rings is 1. The van der Waals surface area contributed by atoms with E-state index < -0.39 is 37.2 Å². The smallest absolute Gasteiger partial charge is 0.353 e. The third-order valence-electron chi connectivity index (χ3n) is 4.15. The van der Waals surface area contributed by atoms with Crippen molar-refractivity contribution in [3.05, 3.63) is 29.8 Å². The van der Waals surface area contributed by atoms with Crippen molar-refractivity contribution in [2.75, 3.05) is 44.6 Å². The lowest BCUT2D eigenvalue weighted by atomic mass is 10.2. The van der Waals surface area contributed by atoms with E-state index in [0.29, 0.717) is 18.8 Å². The first kappa shape index (κ1) is 24.0. The molecule has 2 rings (SSSR count). The number of rotatable bonds is 6. The predicted molar refractivity (Wildman–Crippen MR) is 103 cm³/mol. The maximum Gasteiger partial charge on any atom is 0.405 e. The number of hydrogen-bond donors (Lipinski definition) is 4. The Morgan fingerprint density at radius 1 is 1.21 bits per heavy atom. The number of hydrogen-bond acceptors (Lipinski definition) is 4. The molecule has 1 aliphatic rings. The van der Waals surface area contributed by atoms with Gasteiger partial charge in [0.05, 0.1) is 6.54 Å². The second-order valence-electron chi connectivity index (χ2n) is 6.32. The fraction of sp³-hybridized carbons (Fsp3) is 0.529. The summed E-state index contributed by atoms with van der Waals surface area (Å²) in [7, 11) is 0. The van der Waals surface area contributed by atoms with Crippen LogP contribution in [0.25, 0.3) is 0 Å². The topological polar surface area (TPSA) is 85.5 Å². The van der Waals surface area contributed by atoms with Crippen LogP contribution in [-0.4, -0.2) is 68.3 Å². The average molecular weight is 424 g/mol. The van der Waals surface area contributed by atoms with Gasteiger partial charge in [-0.05, 0) is 24.6 Å². The van der Waals surface area contributed by atoms with Crippen molar-refractivity contribution in [2.45, 2.75) is 19.1 Å². The number of alkyl halides is 3. The highest BCUT2D eigenvalue weighted by Crippen LogP contribution is 2.24. The number of halogens is 4. The molecule has 0 aromatic heterocycles. The van der Waals surface area contributed by atoms with Crippen LogP contribution >= 0.6 is 12.4 Å². The summed E-state index contributed by atoms with van der Waals surface area (Å²) in [6.07, 6.45) is -4.44. The van der Waals surface area contributed by atoms with Gasteiger partial charge in [-0.3, -0.25) is 9.69 Å². The van der Waals surface area contributed by atoms with E-state index in [9.17, 15) is 22.8 Å². The van der Waals surface area contributed by atoms with Crippen LogP contribution in [0.15, 0.2) is 24.3 Å².